The molecule has 0 fully saturated rings. The van der Waals surface area contributed by atoms with E-state index in [1.165, 1.54) is 0 Å². The van der Waals surface area contributed by atoms with Gasteiger partial charge in [-0.25, -0.2) is 0 Å². The van der Waals surface area contributed by atoms with Gasteiger partial charge in [-0.1, -0.05) is 29.8 Å². The molecule has 3 nitrogen and oxygen atoms in total. The maximum absolute atomic E-state index is 11.6. The number of thioether (sulfide) groups is 1. The highest BCUT2D eigenvalue weighted by atomic mass is 35.5. The molecular weight excluding hydrogens is 258 g/mol. The second-order valence-electron chi connectivity index (χ2n) is 3.25. The van der Waals surface area contributed by atoms with Crippen LogP contribution in [0.4, 0.5) is 0 Å². The van der Waals surface area contributed by atoms with Crippen molar-refractivity contribution in [1.82, 2.24) is 0 Å². The molecule has 5 heteroatoms. The van der Waals surface area contributed by atoms with Gasteiger partial charge in [-0.15, -0.1) is 0 Å². The van der Waals surface area contributed by atoms with Crippen molar-refractivity contribution in [2.24, 2.45) is 0 Å². The summed E-state index contributed by atoms with van der Waals surface area (Å²) in [6.07, 6.45) is 0.400. The molecule has 1 rings (SSSR count). The fourth-order valence-electron chi connectivity index (χ4n) is 1.34. The van der Waals surface area contributed by atoms with E-state index >= 15 is 0 Å². The first-order valence-electron chi connectivity index (χ1n) is 5.13. The number of rotatable bonds is 5. The maximum Gasteiger partial charge on any atom is 0.320 e. The van der Waals surface area contributed by atoms with E-state index < -0.39 is 5.25 Å². The lowest BCUT2D eigenvalue weighted by Crippen LogP contribution is -2.22. The van der Waals surface area contributed by atoms with Crippen molar-refractivity contribution >= 4 is 29.3 Å². The molecule has 0 N–H and O–H groups in total. The standard InChI is InChI=1S/C12H12ClNO2S/c1-2-16-12(15)11(17-8-14)7-9-5-3-4-6-10(9)13/h3-6,11H,2,7H2,1H3/t11-/m1/s1. The minimum Gasteiger partial charge on any atom is -0.465 e. The Bertz CT molecular complexity index is 431. The Labute approximate surface area is 110 Å². The van der Waals surface area contributed by atoms with Gasteiger partial charge in [0.15, 0.2) is 0 Å². The predicted octanol–water partition coefficient (Wildman–Crippen LogP) is 3.03. The molecule has 0 spiro atoms. The summed E-state index contributed by atoms with van der Waals surface area (Å²) < 4.78 is 4.91. The lowest BCUT2D eigenvalue weighted by atomic mass is 10.1. The highest BCUT2D eigenvalue weighted by molar-refractivity contribution is 8.04. The fraction of sp³-hybridized carbons (Fsp3) is 0.333. The van der Waals surface area contributed by atoms with E-state index in [0.29, 0.717) is 18.1 Å². The van der Waals surface area contributed by atoms with Gasteiger partial charge in [0.05, 0.1) is 6.61 Å². The van der Waals surface area contributed by atoms with Crippen LogP contribution >= 0.6 is 23.4 Å². The molecule has 90 valence electrons. The zero-order valence-electron chi connectivity index (χ0n) is 9.35. The molecule has 1 aromatic carbocycles. The largest absolute Gasteiger partial charge is 0.465 e. The molecule has 0 aliphatic carbocycles. The number of nitrogens with zero attached hydrogens (tertiary/aromatic N) is 1. The topological polar surface area (TPSA) is 50.1 Å². The van der Waals surface area contributed by atoms with Crippen molar-refractivity contribution in [1.29, 1.82) is 5.26 Å². The van der Waals surface area contributed by atoms with E-state index in [2.05, 4.69) is 0 Å². The molecule has 1 aromatic rings. The highest BCUT2D eigenvalue weighted by Crippen LogP contribution is 2.22. The second-order valence-corrected chi connectivity index (χ2v) is 4.64. The van der Waals surface area contributed by atoms with Crippen molar-refractivity contribution in [3.05, 3.63) is 34.9 Å². The number of hydrogen-bond acceptors (Lipinski definition) is 4. The van der Waals surface area contributed by atoms with Crippen LogP contribution in [0.3, 0.4) is 0 Å². The number of carbonyl (C=O) groups excluding carboxylic acids is 1. The van der Waals surface area contributed by atoms with Gasteiger partial charge >= 0.3 is 5.97 Å². The zero-order chi connectivity index (χ0) is 12.7. The van der Waals surface area contributed by atoms with Crippen LogP contribution in [0.1, 0.15) is 12.5 Å². The van der Waals surface area contributed by atoms with Crippen molar-refractivity contribution in [3.8, 4) is 5.40 Å². The lowest BCUT2D eigenvalue weighted by molar-refractivity contribution is -0.142. The Morgan fingerprint density at radius 2 is 2.29 bits per heavy atom. The smallest absolute Gasteiger partial charge is 0.320 e. The lowest BCUT2D eigenvalue weighted by Gasteiger charge is -2.12. The third-order valence-electron chi connectivity index (χ3n) is 2.11. The normalized spacial score (nSPS) is 11.6. The summed E-state index contributed by atoms with van der Waals surface area (Å²) in [5.74, 6) is -0.376. The van der Waals surface area contributed by atoms with Crippen LogP contribution in [0.15, 0.2) is 24.3 Å². The molecular formula is C12H12ClNO2S. The molecule has 1 atom stereocenters. The van der Waals surface area contributed by atoms with Crippen molar-refractivity contribution in [3.63, 3.8) is 0 Å². The number of halogens is 1. The van der Waals surface area contributed by atoms with Crippen LogP contribution in [0.2, 0.25) is 5.02 Å². The van der Waals surface area contributed by atoms with Gasteiger partial charge < -0.3 is 4.74 Å². The molecule has 0 aromatic heterocycles. The average Bonchev–Trinajstić information content (AvgIpc) is 2.31. The monoisotopic (exact) mass is 269 g/mol. The zero-order valence-corrected chi connectivity index (χ0v) is 10.9. The third kappa shape index (κ3) is 4.29. The molecule has 0 heterocycles. The Kier molecular flexibility index (Phi) is 5.88. The van der Waals surface area contributed by atoms with Gasteiger partial charge in [-0.3, -0.25) is 4.79 Å². The van der Waals surface area contributed by atoms with Crippen molar-refractivity contribution in [2.45, 2.75) is 18.6 Å². The Hall–Kier alpha value is -1.18. The predicted molar refractivity (Wildman–Crippen MR) is 68.8 cm³/mol. The first-order chi connectivity index (χ1) is 8.19. The van der Waals surface area contributed by atoms with Gasteiger partial charge in [-0.05, 0) is 36.7 Å². The Balaban J connectivity index is 2.77. The summed E-state index contributed by atoms with van der Waals surface area (Å²) in [5.41, 5.74) is 0.843. The van der Waals surface area contributed by atoms with Crippen LogP contribution < -0.4 is 0 Å². The van der Waals surface area contributed by atoms with Gasteiger partial charge in [0.2, 0.25) is 0 Å². The Morgan fingerprint density at radius 1 is 1.59 bits per heavy atom. The number of nitriles is 1. The number of ether oxygens (including phenoxy) is 1. The number of esters is 1. The summed E-state index contributed by atoms with van der Waals surface area (Å²) in [7, 11) is 0. The number of hydrogen-bond donors (Lipinski definition) is 0. The van der Waals surface area contributed by atoms with E-state index in [9.17, 15) is 4.79 Å². The molecule has 0 aliphatic rings. The fourth-order valence-corrected chi connectivity index (χ4v) is 2.10. The van der Waals surface area contributed by atoms with E-state index in [1.54, 1.807) is 13.0 Å². The van der Waals surface area contributed by atoms with Crippen LogP contribution in [-0.2, 0) is 16.0 Å². The summed E-state index contributed by atoms with van der Waals surface area (Å²) in [5, 5.41) is 10.7. The minimum atomic E-state index is -0.528. The molecule has 17 heavy (non-hydrogen) atoms. The van der Waals surface area contributed by atoms with Crippen LogP contribution in [-0.4, -0.2) is 17.8 Å². The third-order valence-corrected chi connectivity index (χ3v) is 3.23. The van der Waals surface area contributed by atoms with Crippen LogP contribution in [0.5, 0.6) is 0 Å². The summed E-state index contributed by atoms with van der Waals surface area (Å²) in [6, 6.07) is 7.27. The Morgan fingerprint density at radius 3 is 2.88 bits per heavy atom. The van der Waals surface area contributed by atoms with E-state index in [0.717, 1.165) is 17.3 Å². The van der Waals surface area contributed by atoms with Gasteiger partial charge in [0.1, 0.15) is 10.7 Å². The molecule has 0 radical (unpaired) electrons. The number of benzene rings is 1. The average molecular weight is 270 g/mol. The molecule has 0 saturated carbocycles. The first-order valence-corrected chi connectivity index (χ1v) is 6.39. The molecule has 0 bridgehead atoms. The van der Waals surface area contributed by atoms with Gasteiger partial charge in [0, 0.05) is 5.02 Å². The number of thiocyanates is 1. The number of carbonyl (C=O) groups is 1. The maximum atomic E-state index is 11.6. The van der Waals surface area contributed by atoms with E-state index in [1.807, 2.05) is 23.6 Å². The van der Waals surface area contributed by atoms with Crippen LogP contribution in [0.25, 0.3) is 0 Å². The SMILES string of the molecule is CCOC(=O)[C@@H](Cc1ccccc1Cl)SC#N. The van der Waals surface area contributed by atoms with Crippen molar-refractivity contribution in [2.75, 3.05) is 6.61 Å². The molecule has 0 aliphatic heterocycles. The summed E-state index contributed by atoms with van der Waals surface area (Å²) in [4.78, 5) is 11.6. The molecule has 0 unspecified atom stereocenters. The highest BCUT2D eigenvalue weighted by Gasteiger charge is 2.21. The molecule has 0 saturated heterocycles. The van der Waals surface area contributed by atoms with Gasteiger partial charge in [0.25, 0.3) is 0 Å². The summed E-state index contributed by atoms with van der Waals surface area (Å²) >= 11 is 6.91. The van der Waals surface area contributed by atoms with Crippen molar-refractivity contribution < 1.29 is 9.53 Å². The quantitative estimate of drug-likeness (QED) is 0.609. The van der Waals surface area contributed by atoms with E-state index in [4.69, 9.17) is 21.6 Å². The first kappa shape index (κ1) is 13.9. The van der Waals surface area contributed by atoms with E-state index in [-0.39, 0.29) is 5.97 Å². The van der Waals surface area contributed by atoms with Gasteiger partial charge in [-0.2, -0.15) is 5.26 Å². The molecule has 0 amide bonds. The minimum absolute atomic E-state index is 0.309. The van der Waals surface area contributed by atoms with Crippen LogP contribution in [0, 0.1) is 10.7 Å². The second kappa shape index (κ2) is 7.21. The summed E-state index contributed by atoms with van der Waals surface area (Å²) in [6.45, 7) is 2.05.